The van der Waals surface area contributed by atoms with Crippen LogP contribution in [0.3, 0.4) is 0 Å². The highest BCUT2D eigenvalue weighted by Crippen LogP contribution is 2.48. The van der Waals surface area contributed by atoms with Crippen LogP contribution in [-0.2, 0) is 14.4 Å². The highest BCUT2D eigenvalue weighted by atomic mass is 16.2. The number of benzene rings is 1. The van der Waals surface area contributed by atoms with Gasteiger partial charge in [-0.25, -0.2) is 0 Å². The van der Waals surface area contributed by atoms with Gasteiger partial charge in [-0.05, 0) is 49.9 Å². The Balaban J connectivity index is 1.36. The lowest BCUT2D eigenvalue weighted by molar-refractivity contribution is -0.146. The predicted octanol–water partition coefficient (Wildman–Crippen LogP) is 1.70. The zero-order valence-electron chi connectivity index (χ0n) is 16.4. The molecule has 2 saturated heterocycles. The maximum absolute atomic E-state index is 13.0. The van der Waals surface area contributed by atoms with E-state index in [-0.39, 0.29) is 17.7 Å². The second kappa shape index (κ2) is 7.45. The van der Waals surface area contributed by atoms with Crippen LogP contribution in [0.4, 0.5) is 11.4 Å². The Morgan fingerprint density at radius 1 is 0.857 bits per heavy atom. The minimum absolute atomic E-state index is 0.0309. The molecule has 3 aliphatic rings. The molecule has 0 atom stereocenters. The van der Waals surface area contributed by atoms with E-state index >= 15 is 0 Å². The number of amides is 3. The van der Waals surface area contributed by atoms with E-state index in [9.17, 15) is 14.4 Å². The lowest BCUT2D eigenvalue weighted by atomic mass is 10.0. The molecule has 1 aliphatic carbocycles. The van der Waals surface area contributed by atoms with Gasteiger partial charge in [0.15, 0.2) is 0 Å². The highest BCUT2D eigenvalue weighted by Gasteiger charge is 2.58. The molecule has 3 fully saturated rings. The molecule has 0 aromatic heterocycles. The van der Waals surface area contributed by atoms with Crippen molar-refractivity contribution in [1.29, 1.82) is 0 Å². The SMILES string of the molecule is CC(=O)N1CCN(C(=O)C2(C(=O)Nc3ccc(N4CCCC4)cc3)CC2)CC1. The topological polar surface area (TPSA) is 73.0 Å². The van der Waals surface area contributed by atoms with Gasteiger partial charge in [-0.15, -0.1) is 0 Å². The summed E-state index contributed by atoms with van der Waals surface area (Å²) in [4.78, 5) is 43.1. The summed E-state index contributed by atoms with van der Waals surface area (Å²) >= 11 is 0. The molecule has 1 saturated carbocycles. The number of hydrogen-bond acceptors (Lipinski definition) is 4. The highest BCUT2D eigenvalue weighted by molar-refractivity contribution is 6.13. The summed E-state index contributed by atoms with van der Waals surface area (Å²) in [5.74, 6) is -0.273. The molecule has 0 unspecified atom stereocenters. The number of rotatable bonds is 4. The van der Waals surface area contributed by atoms with Gasteiger partial charge >= 0.3 is 0 Å². The standard InChI is InChI=1S/C21H28N4O3/c1-16(26)23-12-14-25(15-13-23)20(28)21(8-9-21)19(27)22-17-4-6-18(7-5-17)24-10-2-3-11-24/h4-7H,2-3,8-15H2,1H3,(H,22,27). The largest absolute Gasteiger partial charge is 0.372 e. The zero-order chi connectivity index (χ0) is 19.7. The fourth-order valence-corrected chi connectivity index (χ4v) is 4.17. The molecular weight excluding hydrogens is 356 g/mol. The van der Waals surface area contributed by atoms with E-state index in [2.05, 4.69) is 10.2 Å². The third-order valence-corrected chi connectivity index (χ3v) is 6.20. The fraction of sp³-hybridized carbons (Fsp3) is 0.571. The molecule has 1 N–H and O–H groups in total. The third kappa shape index (κ3) is 3.57. The molecular formula is C21H28N4O3. The van der Waals surface area contributed by atoms with Crippen LogP contribution in [-0.4, -0.2) is 66.8 Å². The van der Waals surface area contributed by atoms with Gasteiger partial charge in [0, 0.05) is 57.6 Å². The Labute approximate surface area is 165 Å². The number of anilines is 2. The van der Waals surface area contributed by atoms with Crippen molar-refractivity contribution >= 4 is 29.1 Å². The van der Waals surface area contributed by atoms with Crippen molar-refractivity contribution in [3.05, 3.63) is 24.3 Å². The Hall–Kier alpha value is -2.57. The Bertz CT molecular complexity index is 758. The van der Waals surface area contributed by atoms with Crippen LogP contribution in [0.2, 0.25) is 0 Å². The number of hydrogen-bond donors (Lipinski definition) is 1. The molecule has 2 heterocycles. The summed E-state index contributed by atoms with van der Waals surface area (Å²) in [5.41, 5.74) is 0.982. The van der Waals surface area contributed by atoms with Crippen molar-refractivity contribution in [3.8, 4) is 0 Å². The molecule has 1 aromatic rings. The third-order valence-electron chi connectivity index (χ3n) is 6.20. The molecule has 3 amide bonds. The van der Waals surface area contributed by atoms with Crippen LogP contribution in [0, 0.1) is 5.41 Å². The van der Waals surface area contributed by atoms with E-state index in [4.69, 9.17) is 0 Å². The van der Waals surface area contributed by atoms with Gasteiger partial charge in [-0.3, -0.25) is 14.4 Å². The molecule has 0 spiro atoms. The number of nitrogens with one attached hydrogen (secondary N) is 1. The van der Waals surface area contributed by atoms with Crippen LogP contribution in [0.1, 0.15) is 32.6 Å². The van der Waals surface area contributed by atoms with Crippen LogP contribution < -0.4 is 10.2 Å². The normalized spacial score (nSPS) is 20.8. The molecule has 0 bridgehead atoms. The van der Waals surface area contributed by atoms with E-state index in [1.165, 1.54) is 18.5 Å². The van der Waals surface area contributed by atoms with Gasteiger partial charge < -0.3 is 20.0 Å². The molecule has 28 heavy (non-hydrogen) atoms. The summed E-state index contributed by atoms with van der Waals surface area (Å²) in [6.07, 6.45) is 3.64. The first-order valence-electron chi connectivity index (χ1n) is 10.2. The minimum Gasteiger partial charge on any atom is -0.372 e. The number of nitrogens with zero attached hydrogens (tertiary/aromatic N) is 3. The van der Waals surface area contributed by atoms with Crippen molar-refractivity contribution in [3.63, 3.8) is 0 Å². The van der Waals surface area contributed by atoms with Crippen molar-refractivity contribution < 1.29 is 14.4 Å². The summed E-state index contributed by atoms with van der Waals surface area (Å²) in [5, 5.41) is 2.94. The van der Waals surface area contributed by atoms with E-state index in [1.807, 2.05) is 24.3 Å². The fourth-order valence-electron chi connectivity index (χ4n) is 4.17. The van der Waals surface area contributed by atoms with Crippen molar-refractivity contribution in [2.45, 2.75) is 32.6 Å². The van der Waals surface area contributed by atoms with Crippen molar-refractivity contribution in [2.24, 2.45) is 5.41 Å². The lowest BCUT2D eigenvalue weighted by Crippen LogP contribution is -2.53. The van der Waals surface area contributed by atoms with Crippen LogP contribution >= 0.6 is 0 Å². The van der Waals surface area contributed by atoms with Crippen LogP contribution in [0.25, 0.3) is 0 Å². The maximum Gasteiger partial charge on any atom is 0.240 e. The van der Waals surface area contributed by atoms with Gasteiger partial charge in [0.25, 0.3) is 0 Å². The van der Waals surface area contributed by atoms with Gasteiger partial charge in [-0.1, -0.05) is 0 Å². The first-order valence-corrected chi connectivity index (χ1v) is 10.2. The molecule has 2 aliphatic heterocycles. The van der Waals surface area contributed by atoms with E-state index < -0.39 is 5.41 Å². The quantitative estimate of drug-likeness (QED) is 0.802. The summed E-state index contributed by atoms with van der Waals surface area (Å²) in [6.45, 7) is 5.78. The first-order chi connectivity index (χ1) is 13.5. The molecule has 7 nitrogen and oxygen atoms in total. The summed E-state index contributed by atoms with van der Waals surface area (Å²) in [7, 11) is 0. The molecule has 0 radical (unpaired) electrons. The van der Waals surface area contributed by atoms with Gasteiger partial charge in [-0.2, -0.15) is 0 Å². The zero-order valence-corrected chi connectivity index (χ0v) is 16.4. The van der Waals surface area contributed by atoms with Gasteiger partial charge in [0.05, 0.1) is 0 Å². The number of carbonyl (C=O) groups is 3. The second-order valence-corrected chi connectivity index (χ2v) is 8.08. The molecule has 7 heteroatoms. The first kappa shape index (κ1) is 18.8. The molecule has 4 rings (SSSR count). The predicted molar refractivity (Wildman–Crippen MR) is 107 cm³/mol. The van der Waals surface area contributed by atoms with Crippen LogP contribution in [0.5, 0.6) is 0 Å². The summed E-state index contributed by atoms with van der Waals surface area (Å²) < 4.78 is 0. The van der Waals surface area contributed by atoms with Crippen molar-refractivity contribution in [2.75, 3.05) is 49.5 Å². The molecule has 1 aromatic carbocycles. The van der Waals surface area contributed by atoms with Gasteiger partial charge in [0.1, 0.15) is 5.41 Å². The Morgan fingerprint density at radius 3 is 1.96 bits per heavy atom. The van der Waals surface area contributed by atoms with E-state index in [0.717, 1.165) is 18.8 Å². The average Bonchev–Trinajstić information content (AvgIpc) is 3.35. The number of carbonyl (C=O) groups excluding carboxylic acids is 3. The van der Waals surface area contributed by atoms with Gasteiger partial charge in [0.2, 0.25) is 17.7 Å². The molecule has 150 valence electrons. The maximum atomic E-state index is 13.0. The summed E-state index contributed by atoms with van der Waals surface area (Å²) in [6, 6.07) is 7.89. The van der Waals surface area contributed by atoms with Crippen LogP contribution in [0.15, 0.2) is 24.3 Å². The average molecular weight is 384 g/mol. The second-order valence-electron chi connectivity index (χ2n) is 8.08. The minimum atomic E-state index is -0.925. The lowest BCUT2D eigenvalue weighted by Gasteiger charge is -2.35. The van der Waals surface area contributed by atoms with E-state index in [0.29, 0.717) is 39.0 Å². The smallest absolute Gasteiger partial charge is 0.240 e. The van der Waals surface area contributed by atoms with Crippen molar-refractivity contribution in [1.82, 2.24) is 9.80 Å². The van der Waals surface area contributed by atoms with E-state index in [1.54, 1.807) is 16.7 Å². The number of piperazine rings is 1. The monoisotopic (exact) mass is 384 g/mol. The Kier molecular flexibility index (Phi) is 5.00. The Morgan fingerprint density at radius 2 is 1.43 bits per heavy atom.